The molecule has 20 heavy (non-hydrogen) atoms. The van der Waals surface area contributed by atoms with Crippen molar-refractivity contribution >= 4 is 27.3 Å². The first-order chi connectivity index (χ1) is 9.34. The molecule has 3 N–H and O–H groups in total. The van der Waals surface area contributed by atoms with Gasteiger partial charge in [0.05, 0.1) is 16.8 Å². The first-order valence-corrected chi connectivity index (χ1v) is 8.38. The van der Waals surface area contributed by atoms with Gasteiger partial charge in [-0.1, -0.05) is 17.7 Å². The van der Waals surface area contributed by atoms with Crippen molar-refractivity contribution in [2.24, 2.45) is 5.92 Å². The molecular formula is C13H19ClN2O3S. The molecule has 0 radical (unpaired) electrons. The Morgan fingerprint density at radius 2 is 2.00 bits per heavy atom. The van der Waals surface area contributed by atoms with E-state index < -0.39 is 16.1 Å². The van der Waals surface area contributed by atoms with Gasteiger partial charge in [0.2, 0.25) is 10.0 Å². The van der Waals surface area contributed by atoms with Gasteiger partial charge in [0, 0.05) is 13.1 Å². The summed E-state index contributed by atoms with van der Waals surface area (Å²) < 4.78 is 26.6. The Balaban J connectivity index is 2.25. The van der Waals surface area contributed by atoms with Crippen LogP contribution in [0.4, 0.5) is 5.69 Å². The predicted octanol–water partition coefficient (Wildman–Crippen LogP) is 1.70. The zero-order valence-electron chi connectivity index (χ0n) is 11.3. The third-order valence-corrected chi connectivity index (χ3v) is 6.22. The van der Waals surface area contributed by atoms with Crippen LogP contribution in [0.2, 0.25) is 5.02 Å². The lowest BCUT2D eigenvalue weighted by atomic mass is 9.93. The van der Waals surface area contributed by atoms with E-state index in [0.717, 1.165) is 0 Å². The molecule has 1 saturated heterocycles. The van der Waals surface area contributed by atoms with Gasteiger partial charge in [-0.2, -0.15) is 4.31 Å². The molecule has 112 valence electrons. The van der Waals surface area contributed by atoms with Crippen molar-refractivity contribution in [2.45, 2.75) is 30.8 Å². The number of anilines is 1. The minimum Gasteiger partial charge on any atom is -0.398 e. The zero-order chi connectivity index (χ0) is 14.9. The van der Waals surface area contributed by atoms with E-state index in [1.54, 1.807) is 13.0 Å². The highest BCUT2D eigenvalue weighted by atomic mass is 35.5. The molecule has 1 fully saturated rings. The van der Waals surface area contributed by atoms with Crippen molar-refractivity contribution in [3.8, 4) is 0 Å². The fraction of sp³-hybridized carbons (Fsp3) is 0.538. The van der Waals surface area contributed by atoms with Gasteiger partial charge >= 0.3 is 0 Å². The van der Waals surface area contributed by atoms with Crippen LogP contribution in [0.3, 0.4) is 0 Å². The van der Waals surface area contributed by atoms with Gasteiger partial charge < -0.3 is 10.8 Å². The summed E-state index contributed by atoms with van der Waals surface area (Å²) in [4.78, 5) is -0.0165. The number of aliphatic hydroxyl groups is 1. The van der Waals surface area contributed by atoms with Crippen molar-refractivity contribution in [3.63, 3.8) is 0 Å². The molecule has 1 aromatic carbocycles. The van der Waals surface area contributed by atoms with E-state index in [1.165, 1.54) is 16.4 Å². The third kappa shape index (κ3) is 2.93. The maximum atomic E-state index is 12.6. The standard InChI is InChI=1S/C13H19ClN2O3S/c1-9(17)10-5-7-16(8-6-10)20(18,19)13-11(14)3-2-4-12(13)15/h2-4,9-10,17H,5-8,15H2,1H3. The van der Waals surface area contributed by atoms with Crippen molar-refractivity contribution in [3.05, 3.63) is 23.2 Å². The molecule has 5 nitrogen and oxygen atoms in total. The van der Waals surface area contributed by atoms with E-state index in [1.807, 2.05) is 0 Å². The third-order valence-electron chi connectivity index (χ3n) is 3.78. The van der Waals surface area contributed by atoms with Crippen LogP contribution in [0.15, 0.2) is 23.1 Å². The lowest BCUT2D eigenvalue weighted by Gasteiger charge is -2.32. The normalized spacial score (nSPS) is 19.9. The minimum atomic E-state index is -3.68. The first kappa shape index (κ1) is 15.6. The molecule has 0 aliphatic carbocycles. The van der Waals surface area contributed by atoms with E-state index >= 15 is 0 Å². The van der Waals surface area contributed by atoms with Crippen LogP contribution in [-0.4, -0.2) is 37.0 Å². The highest BCUT2D eigenvalue weighted by molar-refractivity contribution is 7.89. The molecular weight excluding hydrogens is 300 g/mol. The van der Waals surface area contributed by atoms with Gasteiger partial charge in [0.1, 0.15) is 4.90 Å². The van der Waals surface area contributed by atoms with Gasteiger partial charge in [-0.15, -0.1) is 0 Å². The second-order valence-corrected chi connectivity index (χ2v) is 7.42. The molecule has 0 saturated carbocycles. The van der Waals surface area contributed by atoms with Crippen LogP contribution in [0.1, 0.15) is 19.8 Å². The Bertz CT molecular complexity index is 561. The summed E-state index contributed by atoms with van der Waals surface area (Å²) >= 11 is 5.99. The van der Waals surface area contributed by atoms with Crippen LogP contribution < -0.4 is 5.73 Å². The minimum absolute atomic E-state index is 0.0165. The summed E-state index contributed by atoms with van der Waals surface area (Å²) in [5, 5.41) is 9.70. The quantitative estimate of drug-likeness (QED) is 0.831. The van der Waals surface area contributed by atoms with Crippen LogP contribution in [0.5, 0.6) is 0 Å². The first-order valence-electron chi connectivity index (χ1n) is 6.56. The molecule has 0 amide bonds. The summed E-state index contributed by atoms with van der Waals surface area (Å²) in [6, 6.07) is 4.67. The van der Waals surface area contributed by atoms with E-state index in [9.17, 15) is 13.5 Å². The number of benzene rings is 1. The summed E-state index contributed by atoms with van der Waals surface area (Å²) in [6.07, 6.45) is 0.868. The summed E-state index contributed by atoms with van der Waals surface area (Å²) in [7, 11) is -3.68. The van der Waals surface area contributed by atoms with Gasteiger partial charge in [0.25, 0.3) is 0 Å². The van der Waals surface area contributed by atoms with E-state index in [0.29, 0.717) is 25.9 Å². The van der Waals surface area contributed by atoms with E-state index in [2.05, 4.69) is 0 Å². The number of nitrogen functional groups attached to an aromatic ring is 1. The van der Waals surface area contributed by atoms with Crippen LogP contribution in [0.25, 0.3) is 0 Å². The number of aliphatic hydroxyl groups excluding tert-OH is 1. The SMILES string of the molecule is CC(O)C1CCN(S(=O)(=O)c2c(N)cccc2Cl)CC1. The number of nitrogens with two attached hydrogens (primary N) is 1. The molecule has 1 heterocycles. The molecule has 1 unspecified atom stereocenters. The number of sulfonamides is 1. The van der Waals surface area contributed by atoms with Crippen LogP contribution in [0, 0.1) is 5.92 Å². The molecule has 1 aromatic rings. The second kappa shape index (κ2) is 5.89. The number of rotatable bonds is 3. The average molecular weight is 319 g/mol. The van der Waals surface area contributed by atoms with E-state index in [-0.39, 0.29) is 21.5 Å². The predicted molar refractivity (Wildman–Crippen MR) is 79.0 cm³/mol. The average Bonchev–Trinajstić information content (AvgIpc) is 2.38. The molecule has 0 aromatic heterocycles. The number of hydrogen-bond donors (Lipinski definition) is 2. The topological polar surface area (TPSA) is 83.6 Å². The monoisotopic (exact) mass is 318 g/mol. The number of nitrogens with zero attached hydrogens (tertiary/aromatic N) is 1. The summed E-state index contributed by atoms with van der Waals surface area (Å²) in [6.45, 7) is 2.49. The molecule has 2 rings (SSSR count). The van der Waals surface area contributed by atoms with Crippen LogP contribution in [-0.2, 0) is 10.0 Å². The highest BCUT2D eigenvalue weighted by Gasteiger charge is 2.33. The van der Waals surface area contributed by atoms with Gasteiger partial charge in [0.15, 0.2) is 0 Å². The molecule has 1 aliphatic heterocycles. The van der Waals surface area contributed by atoms with Gasteiger partial charge in [-0.3, -0.25) is 0 Å². The lowest BCUT2D eigenvalue weighted by molar-refractivity contribution is 0.0912. The molecule has 1 aliphatic rings. The summed E-state index contributed by atoms with van der Waals surface area (Å²) in [5.41, 5.74) is 5.92. The van der Waals surface area contributed by atoms with Crippen LogP contribution >= 0.6 is 11.6 Å². The van der Waals surface area contributed by atoms with Crippen molar-refractivity contribution in [1.82, 2.24) is 4.31 Å². The second-order valence-electron chi connectivity index (χ2n) is 5.14. The number of hydrogen-bond acceptors (Lipinski definition) is 4. The van der Waals surface area contributed by atoms with Crippen molar-refractivity contribution < 1.29 is 13.5 Å². The van der Waals surface area contributed by atoms with Gasteiger partial charge in [-0.05, 0) is 37.8 Å². The molecule has 0 bridgehead atoms. The fourth-order valence-corrected chi connectivity index (χ4v) is 4.63. The maximum Gasteiger partial charge on any atom is 0.246 e. The molecule has 1 atom stereocenters. The Labute approximate surface area is 124 Å². The van der Waals surface area contributed by atoms with Gasteiger partial charge in [-0.25, -0.2) is 8.42 Å². The van der Waals surface area contributed by atoms with Crippen molar-refractivity contribution in [2.75, 3.05) is 18.8 Å². The largest absolute Gasteiger partial charge is 0.398 e. The Morgan fingerprint density at radius 3 is 2.50 bits per heavy atom. The zero-order valence-corrected chi connectivity index (χ0v) is 12.9. The van der Waals surface area contributed by atoms with E-state index in [4.69, 9.17) is 17.3 Å². The number of piperidine rings is 1. The fourth-order valence-electron chi connectivity index (χ4n) is 2.53. The maximum absolute atomic E-state index is 12.6. The molecule has 0 spiro atoms. The molecule has 7 heteroatoms. The smallest absolute Gasteiger partial charge is 0.246 e. The Kier molecular flexibility index (Phi) is 4.59. The Morgan fingerprint density at radius 1 is 1.40 bits per heavy atom. The lowest BCUT2D eigenvalue weighted by Crippen LogP contribution is -2.41. The highest BCUT2D eigenvalue weighted by Crippen LogP contribution is 2.32. The Hall–Kier alpha value is -0.820. The van der Waals surface area contributed by atoms with Crippen molar-refractivity contribution in [1.29, 1.82) is 0 Å². The number of halogens is 1. The summed E-state index contributed by atoms with van der Waals surface area (Å²) in [5.74, 6) is 0.144.